The Morgan fingerprint density at radius 1 is 1.13 bits per heavy atom. The van der Waals surface area contributed by atoms with Crippen LogP contribution in [0.15, 0.2) is 48.0 Å². The van der Waals surface area contributed by atoms with Crippen LogP contribution in [0.4, 0.5) is 5.13 Å². The van der Waals surface area contributed by atoms with Gasteiger partial charge in [-0.3, -0.25) is 14.4 Å². The average Bonchev–Trinajstić information content (AvgIpc) is 3.52. The molecule has 2 heterocycles. The fraction of sp³-hybridized carbons (Fsp3) is 0.382. The number of hydrogen-bond donors (Lipinski definition) is 4. The van der Waals surface area contributed by atoms with Crippen LogP contribution in [0.25, 0.3) is 6.08 Å². The first-order valence-corrected chi connectivity index (χ1v) is 16.1. The van der Waals surface area contributed by atoms with Gasteiger partial charge in [0.05, 0.1) is 13.2 Å². The lowest BCUT2D eigenvalue weighted by Gasteiger charge is -2.23. The van der Waals surface area contributed by atoms with Crippen molar-refractivity contribution in [1.29, 1.82) is 0 Å². The number of aromatic hydroxyl groups is 2. The van der Waals surface area contributed by atoms with E-state index in [9.17, 15) is 29.4 Å². The van der Waals surface area contributed by atoms with Gasteiger partial charge in [-0.2, -0.15) is 0 Å². The number of nitrogens with one attached hydrogen (secondary N) is 2. The number of allylic oxidation sites excluding steroid dienone is 1. The van der Waals surface area contributed by atoms with E-state index in [0.29, 0.717) is 55.0 Å². The number of methoxy groups -OCH3 is 1. The molecule has 2 amide bonds. The van der Waals surface area contributed by atoms with Crippen LogP contribution < -0.4 is 15.4 Å². The molecule has 3 aromatic rings. The maximum atomic E-state index is 13.5. The highest BCUT2D eigenvalue weighted by molar-refractivity contribution is 7.13. The molecule has 1 aromatic heterocycles. The van der Waals surface area contributed by atoms with Gasteiger partial charge in [0.1, 0.15) is 28.6 Å². The Morgan fingerprint density at radius 2 is 1.89 bits per heavy atom. The molecule has 46 heavy (non-hydrogen) atoms. The standard InChI is InChI=1S/C34H39N3O8S/c1-21-7-6-10-24(38)9-5-3-4-8-23-19-27(39)31(32(42)30(23)33(43)45-21)26(22-11-13-25(44-2)14-12-22)20-29(41)35-16-15-28(40)37-34-36-17-18-46-34/h4,8,11-14,17-19,21,26,39,42H,3,5-7,9-10,15-16,20H2,1-2H3,(H,35,41)(H,36,37,40). The SMILES string of the molecule is COc1ccc(C(CC(=O)NCCC(=O)Nc2nccs2)c2c(O)cc3c(c2O)C(=O)OC(C)CCCC(=O)CCCC=C3)cc1. The van der Waals surface area contributed by atoms with E-state index in [2.05, 4.69) is 15.6 Å². The molecule has 4 rings (SSSR count). The first-order chi connectivity index (χ1) is 22.2. The highest BCUT2D eigenvalue weighted by Gasteiger charge is 2.31. The van der Waals surface area contributed by atoms with Crippen LogP contribution in [-0.2, 0) is 19.1 Å². The molecular formula is C34H39N3O8S. The minimum atomic E-state index is -0.881. The molecular weight excluding hydrogens is 610 g/mol. The van der Waals surface area contributed by atoms with Crippen LogP contribution in [0.2, 0.25) is 0 Å². The Kier molecular flexibility index (Phi) is 12.3. The minimum Gasteiger partial charge on any atom is -0.507 e. The van der Waals surface area contributed by atoms with Crippen LogP contribution >= 0.6 is 11.3 Å². The molecule has 4 N–H and O–H groups in total. The molecule has 0 spiro atoms. The number of cyclic esters (lactones) is 1. The number of thiazole rings is 1. The van der Waals surface area contributed by atoms with Crippen molar-refractivity contribution in [3.63, 3.8) is 0 Å². The van der Waals surface area contributed by atoms with Gasteiger partial charge in [-0.1, -0.05) is 24.3 Å². The summed E-state index contributed by atoms with van der Waals surface area (Å²) in [6.07, 6.45) is 7.37. The predicted molar refractivity (Wildman–Crippen MR) is 174 cm³/mol. The summed E-state index contributed by atoms with van der Waals surface area (Å²) in [7, 11) is 1.52. The number of phenolic OH excluding ortho intramolecular Hbond substituents is 2. The van der Waals surface area contributed by atoms with E-state index < -0.39 is 29.6 Å². The number of nitrogens with zero attached hydrogens (tertiary/aromatic N) is 1. The largest absolute Gasteiger partial charge is 0.507 e. The molecule has 0 aliphatic carbocycles. The molecule has 0 fully saturated rings. The van der Waals surface area contributed by atoms with Gasteiger partial charge in [0, 0.05) is 55.3 Å². The number of benzene rings is 2. The Balaban J connectivity index is 1.65. The summed E-state index contributed by atoms with van der Waals surface area (Å²) in [6.45, 7) is 1.78. The van der Waals surface area contributed by atoms with Gasteiger partial charge in [-0.25, -0.2) is 9.78 Å². The third kappa shape index (κ3) is 9.40. The lowest BCUT2D eigenvalue weighted by molar-refractivity contribution is -0.121. The average molecular weight is 650 g/mol. The van der Waals surface area contributed by atoms with E-state index in [-0.39, 0.29) is 53.5 Å². The number of aromatic nitrogens is 1. The summed E-state index contributed by atoms with van der Waals surface area (Å²) in [5, 5.41) is 30.6. The molecule has 12 heteroatoms. The zero-order valence-corrected chi connectivity index (χ0v) is 26.7. The topological polar surface area (TPSA) is 164 Å². The molecule has 1 aliphatic rings. The van der Waals surface area contributed by atoms with E-state index in [1.165, 1.54) is 24.5 Å². The van der Waals surface area contributed by atoms with Gasteiger partial charge in [-0.05, 0) is 61.9 Å². The number of ketones is 1. The minimum absolute atomic E-state index is 0.00899. The molecule has 1 aliphatic heterocycles. The van der Waals surface area contributed by atoms with E-state index in [4.69, 9.17) is 9.47 Å². The van der Waals surface area contributed by atoms with Crippen molar-refractivity contribution in [2.75, 3.05) is 19.0 Å². The number of hydrogen-bond acceptors (Lipinski definition) is 10. The first kappa shape index (κ1) is 34.2. The van der Waals surface area contributed by atoms with Crippen LogP contribution in [-0.4, -0.2) is 58.5 Å². The summed E-state index contributed by atoms with van der Waals surface area (Å²) in [4.78, 5) is 55.1. The van der Waals surface area contributed by atoms with Crippen molar-refractivity contribution >= 4 is 46.1 Å². The monoisotopic (exact) mass is 649 g/mol. The van der Waals surface area contributed by atoms with Crippen molar-refractivity contribution in [3.8, 4) is 17.2 Å². The van der Waals surface area contributed by atoms with Crippen molar-refractivity contribution < 1.29 is 38.9 Å². The predicted octanol–water partition coefficient (Wildman–Crippen LogP) is 5.71. The Bertz CT molecular complexity index is 1550. The van der Waals surface area contributed by atoms with Crippen molar-refractivity contribution in [3.05, 3.63) is 70.2 Å². The molecule has 2 aromatic carbocycles. The number of amides is 2. The number of ether oxygens (including phenoxy) is 2. The summed E-state index contributed by atoms with van der Waals surface area (Å²) >= 11 is 1.28. The molecule has 0 saturated carbocycles. The molecule has 2 atom stereocenters. The molecule has 0 radical (unpaired) electrons. The number of Topliss-reactive ketones (excluding diaryl/α,β-unsaturated/α-hetero) is 1. The first-order valence-electron chi connectivity index (χ1n) is 15.2. The summed E-state index contributed by atoms with van der Waals surface area (Å²) in [5.74, 6) is -2.47. The van der Waals surface area contributed by atoms with Crippen molar-refractivity contribution in [2.45, 2.75) is 70.3 Å². The van der Waals surface area contributed by atoms with E-state index in [1.54, 1.807) is 54.9 Å². The molecule has 2 unspecified atom stereocenters. The zero-order chi connectivity index (χ0) is 33.1. The Labute approximate surface area is 271 Å². The van der Waals surface area contributed by atoms with Crippen LogP contribution in [0.1, 0.15) is 91.3 Å². The summed E-state index contributed by atoms with van der Waals surface area (Å²) in [6, 6.07) is 8.19. The maximum Gasteiger partial charge on any atom is 0.342 e. The van der Waals surface area contributed by atoms with E-state index in [0.717, 1.165) is 0 Å². The molecule has 11 nitrogen and oxygen atoms in total. The summed E-state index contributed by atoms with van der Waals surface area (Å²) in [5.41, 5.74) is 0.696. The van der Waals surface area contributed by atoms with Gasteiger partial charge >= 0.3 is 5.97 Å². The summed E-state index contributed by atoms with van der Waals surface area (Å²) < 4.78 is 11.0. The maximum absolute atomic E-state index is 13.5. The van der Waals surface area contributed by atoms with Crippen LogP contribution in [0, 0.1) is 0 Å². The second kappa shape index (κ2) is 16.6. The smallest absolute Gasteiger partial charge is 0.342 e. The number of phenols is 2. The van der Waals surface area contributed by atoms with Gasteiger partial charge in [-0.15, -0.1) is 11.3 Å². The van der Waals surface area contributed by atoms with E-state index >= 15 is 0 Å². The van der Waals surface area contributed by atoms with Gasteiger partial charge in [0.25, 0.3) is 0 Å². The second-order valence-corrected chi connectivity index (χ2v) is 12.0. The third-order valence-electron chi connectivity index (χ3n) is 7.66. The number of carbonyl (C=O) groups is 4. The quantitative estimate of drug-likeness (QED) is 0.213. The van der Waals surface area contributed by atoms with Gasteiger partial charge in [0.15, 0.2) is 5.13 Å². The number of esters is 1. The zero-order valence-electron chi connectivity index (χ0n) is 25.9. The number of anilines is 1. The molecule has 0 saturated heterocycles. The van der Waals surface area contributed by atoms with Crippen molar-refractivity contribution in [1.82, 2.24) is 10.3 Å². The highest BCUT2D eigenvalue weighted by atomic mass is 32.1. The van der Waals surface area contributed by atoms with E-state index in [1.807, 2.05) is 0 Å². The highest BCUT2D eigenvalue weighted by Crippen LogP contribution is 2.44. The molecule has 0 bridgehead atoms. The van der Waals surface area contributed by atoms with Crippen LogP contribution in [0.5, 0.6) is 17.2 Å². The molecule has 244 valence electrons. The van der Waals surface area contributed by atoms with Gasteiger partial charge < -0.3 is 30.3 Å². The normalized spacial score (nSPS) is 16.4. The van der Waals surface area contributed by atoms with Crippen molar-refractivity contribution in [2.24, 2.45) is 0 Å². The Morgan fingerprint density at radius 3 is 2.61 bits per heavy atom. The number of carbonyl (C=O) groups excluding carboxylic acids is 4. The third-order valence-corrected chi connectivity index (χ3v) is 8.35. The van der Waals surface area contributed by atoms with Gasteiger partial charge in [0.2, 0.25) is 11.8 Å². The lowest BCUT2D eigenvalue weighted by atomic mass is 9.84. The number of fused-ring (bicyclic) bond motifs is 1. The number of rotatable bonds is 9. The lowest BCUT2D eigenvalue weighted by Crippen LogP contribution is -2.29. The second-order valence-electron chi connectivity index (χ2n) is 11.1. The Hall–Kier alpha value is -4.71. The fourth-order valence-corrected chi connectivity index (χ4v) is 5.83. The van der Waals surface area contributed by atoms with Crippen LogP contribution in [0.3, 0.4) is 0 Å². The fourth-order valence-electron chi connectivity index (χ4n) is 5.28.